The normalized spacial score (nSPS) is 10.6. The molecule has 124 valence electrons. The highest BCUT2D eigenvalue weighted by molar-refractivity contribution is 6.01. The Bertz CT molecular complexity index is 878. The lowest BCUT2D eigenvalue weighted by atomic mass is 10.2. The van der Waals surface area contributed by atoms with E-state index in [0.717, 1.165) is 5.56 Å². The fourth-order valence-electron chi connectivity index (χ4n) is 2.10. The zero-order chi connectivity index (χ0) is 17.5. The fraction of sp³-hybridized carbons (Fsp3) is 0. The zero-order valence-electron chi connectivity index (χ0n) is 13.2. The van der Waals surface area contributed by atoms with E-state index >= 15 is 0 Å². The molecule has 0 aliphatic heterocycles. The van der Waals surface area contributed by atoms with Crippen molar-refractivity contribution >= 4 is 17.7 Å². The molecular weight excluding hydrogens is 319 g/mol. The van der Waals surface area contributed by atoms with E-state index in [0.29, 0.717) is 17.2 Å². The van der Waals surface area contributed by atoms with Crippen LogP contribution in [-0.4, -0.2) is 10.9 Å². The van der Waals surface area contributed by atoms with Crippen LogP contribution in [0.4, 0.5) is 10.1 Å². The Balaban J connectivity index is 1.59. The monoisotopic (exact) mass is 334 g/mol. The van der Waals surface area contributed by atoms with Gasteiger partial charge < -0.3 is 10.1 Å². The van der Waals surface area contributed by atoms with Gasteiger partial charge in [-0.1, -0.05) is 6.07 Å². The topological polar surface area (TPSA) is 51.2 Å². The van der Waals surface area contributed by atoms with Crippen LogP contribution in [0.5, 0.6) is 11.5 Å². The second-order valence-electron chi connectivity index (χ2n) is 5.19. The summed E-state index contributed by atoms with van der Waals surface area (Å²) in [5.74, 6) is 0.367. The van der Waals surface area contributed by atoms with Crippen LogP contribution in [0.25, 0.3) is 6.08 Å². The van der Waals surface area contributed by atoms with Gasteiger partial charge in [0.25, 0.3) is 0 Å². The zero-order valence-corrected chi connectivity index (χ0v) is 13.2. The van der Waals surface area contributed by atoms with Gasteiger partial charge in [0.1, 0.15) is 17.3 Å². The summed E-state index contributed by atoms with van der Waals surface area (Å²) >= 11 is 0. The number of rotatable bonds is 5. The van der Waals surface area contributed by atoms with E-state index in [-0.39, 0.29) is 11.7 Å². The summed E-state index contributed by atoms with van der Waals surface area (Å²) in [6, 6.07) is 16.4. The highest BCUT2D eigenvalue weighted by Gasteiger charge is 2.01. The van der Waals surface area contributed by atoms with Gasteiger partial charge in [-0.25, -0.2) is 4.39 Å². The Morgan fingerprint density at radius 1 is 1.00 bits per heavy atom. The first-order valence-electron chi connectivity index (χ1n) is 7.62. The third kappa shape index (κ3) is 5.00. The van der Waals surface area contributed by atoms with Crippen LogP contribution in [0.2, 0.25) is 0 Å². The van der Waals surface area contributed by atoms with Crippen LogP contribution in [0.3, 0.4) is 0 Å². The Morgan fingerprint density at radius 2 is 1.76 bits per heavy atom. The maximum atomic E-state index is 13.1. The average Bonchev–Trinajstić information content (AvgIpc) is 2.63. The summed E-state index contributed by atoms with van der Waals surface area (Å²) in [5.41, 5.74) is 1.53. The molecule has 0 bridgehead atoms. The second-order valence-corrected chi connectivity index (χ2v) is 5.19. The van der Waals surface area contributed by atoms with Crippen LogP contribution in [0, 0.1) is 5.82 Å². The van der Waals surface area contributed by atoms with Crippen LogP contribution < -0.4 is 10.1 Å². The number of amides is 1. The van der Waals surface area contributed by atoms with Crippen LogP contribution in [0.15, 0.2) is 79.1 Å². The number of nitrogens with zero attached hydrogens (tertiary/aromatic N) is 1. The number of ether oxygens (including phenoxy) is 1. The summed E-state index contributed by atoms with van der Waals surface area (Å²) < 4.78 is 18.7. The van der Waals surface area contributed by atoms with Crippen molar-refractivity contribution in [2.75, 3.05) is 5.32 Å². The van der Waals surface area contributed by atoms with E-state index in [9.17, 15) is 9.18 Å². The van der Waals surface area contributed by atoms with E-state index in [1.807, 2.05) is 12.1 Å². The molecule has 1 heterocycles. The predicted molar refractivity (Wildman–Crippen MR) is 94.8 cm³/mol. The van der Waals surface area contributed by atoms with Crippen LogP contribution >= 0.6 is 0 Å². The number of carbonyl (C=O) groups is 1. The Kier molecular flexibility index (Phi) is 5.16. The first-order chi connectivity index (χ1) is 12.2. The van der Waals surface area contributed by atoms with Crippen molar-refractivity contribution < 1.29 is 13.9 Å². The highest BCUT2D eigenvalue weighted by atomic mass is 19.1. The molecular formula is C20H15FN2O2. The van der Waals surface area contributed by atoms with E-state index in [1.54, 1.807) is 54.9 Å². The molecule has 0 radical (unpaired) electrons. The number of halogens is 1. The SMILES string of the molecule is O=C(/C=C/c1ccncc1)Nc1ccc(Oc2cccc(F)c2)cc1. The minimum absolute atomic E-state index is 0.240. The number of hydrogen-bond donors (Lipinski definition) is 1. The second kappa shape index (κ2) is 7.88. The third-order valence-corrected chi connectivity index (χ3v) is 3.29. The molecule has 1 N–H and O–H groups in total. The van der Waals surface area contributed by atoms with E-state index in [2.05, 4.69) is 10.3 Å². The number of pyridine rings is 1. The van der Waals surface area contributed by atoms with E-state index < -0.39 is 0 Å². The molecule has 3 aromatic rings. The van der Waals surface area contributed by atoms with Crippen molar-refractivity contribution in [3.05, 3.63) is 90.5 Å². The van der Waals surface area contributed by atoms with Crippen molar-refractivity contribution in [2.24, 2.45) is 0 Å². The molecule has 1 amide bonds. The highest BCUT2D eigenvalue weighted by Crippen LogP contribution is 2.23. The summed E-state index contributed by atoms with van der Waals surface area (Å²) in [5, 5.41) is 2.76. The maximum Gasteiger partial charge on any atom is 0.248 e. The summed E-state index contributed by atoms with van der Waals surface area (Å²) in [6.45, 7) is 0. The molecule has 0 spiro atoms. The van der Waals surface area contributed by atoms with Crippen molar-refractivity contribution in [1.82, 2.24) is 4.98 Å². The first kappa shape index (κ1) is 16.4. The van der Waals surface area contributed by atoms with Gasteiger partial charge in [-0.2, -0.15) is 0 Å². The van der Waals surface area contributed by atoms with Gasteiger partial charge in [0.2, 0.25) is 5.91 Å². The molecule has 5 heteroatoms. The quantitative estimate of drug-likeness (QED) is 0.690. The number of hydrogen-bond acceptors (Lipinski definition) is 3. The van der Waals surface area contributed by atoms with Crippen LogP contribution in [-0.2, 0) is 4.79 Å². The summed E-state index contributed by atoms with van der Waals surface area (Å²) in [7, 11) is 0. The van der Waals surface area contributed by atoms with Gasteiger partial charge in [-0.3, -0.25) is 9.78 Å². The largest absolute Gasteiger partial charge is 0.457 e. The third-order valence-electron chi connectivity index (χ3n) is 3.29. The van der Waals surface area contributed by atoms with Crippen molar-refractivity contribution in [2.45, 2.75) is 0 Å². The molecule has 3 rings (SSSR count). The molecule has 0 aliphatic carbocycles. The molecule has 2 aromatic carbocycles. The van der Waals surface area contributed by atoms with E-state index in [4.69, 9.17) is 4.74 Å². The molecule has 0 saturated heterocycles. The Labute approximate surface area is 144 Å². The number of benzene rings is 2. The summed E-state index contributed by atoms with van der Waals surface area (Å²) in [4.78, 5) is 15.8. The molecule has 4 nitrogen and oxygen atoms in total. The molecule has 0 aliphatic rings. The lowest BCUT2D eigenvalue weighted by Crippen LogP contribution is -2.07. The molecule has 1 aromatic heterocycles. The molecule has 0 fully saturated rings. The number of nitrogens with one attached hydrogen (secondary N) is 1. The van der Waals surface area contributed by atoms with Gasteiger partial charge in [0.15, 0.2) is 0 Å². The molecule has 0 atom stereocenters. The summed E-state index contributed by atoms with van der Waals surface area (Å²) in [6.07, 6.45) is 6.48. The van der Waals surface area contributed by atoms with Crippen molar-refractivity contribution in [3.8, 4) is 11.5 Å². The molecule has 25 heavy (non-hydrogen) atoms. The molecule has 0 unspecified atom stereocenters. The number of anilines is 1. The van der Waals surface area contributed by atoms with Gasteiger partial charge in [-0.15, -0.1) is 0 Å². The minimum atomic E-state index is -0.359. The lowest BCUT2D eigenvalue weighted by molar-refractivity contribution is -0.111. The lowest BCUT2D eigenvalue weighted by Gasteiger charge is -2.07. The number of carbonyl (C=O) groups excluding carboxylic acids is 1. The first-order valence-corrected chi connectivity index (χ1v) is 7.62. The van der Waals surface area contributed by atoms with Gasteiger partial charge >= 0.3 is 0 Å². The van der Waals surface area contributed by atoms with Gasteiger partial charge in [0, 0.05) is 30.2 Å². The number of aromatic nitrogens is 1. The predicted octanol–water partition coefficient (Wildman–Crippen LogP) is 4.66. The van der Waals surface area contributed by atoms with Crippen molar-refractivity contribution in [1.29, 1.82) is 0 Å². The maximum absolute atomic E-state index is 13.1. The van der Waals surface area contributed by atoms with Crippen LogP contribution in [0.1, 0.15) is 5.56 Å². The van der Waals surface area contributed by atoms with E-state index in [1.165, 1.54) is 18.2 Å². The fourth-order valence-corrected chi connectivity index (χ4v) is 2.10. The standard InChI is InChI=1S/C20H15FN2O2/c21-16-2-1-3-19(14-16)25-18-7-5-17(6-8-18)23-20(24)9-4-15-10-12-22-13-11-15/h1-14H,(H,23,24)/b9-4+. The Hall–Kier alpha value is -3.47. The van der Waals surface area contributed by atoms with Gasteiger partial charge in [-0.05, 0) is 60.2 Å². The average molecular weight is 334 g/mol. The van der Waals surface area contributed by atoms with Gasteiger partial charge in [0.05, 0.1) is 0 Å². The smallest absolute Gasteiger partial charge is 0.248 e. The minimum Gasteiger partial charge on any atom is -0.457 e. The Morgan fingerprint density at radius 3 is 2.48 bits per heavy atom. The van der Waals surface area contributed by atoms with Crippen molar-refractivity contribution in [3.63, 3.8) is 0 Å². The molecule has 0 saturated carbocycles.